The summed E-state index contributed by atoms with van der Waals surface area (Å²) in [5.74, 6) is -0.253. The summed E-state index contributed by atoms with van der Waals surface area (Å²) >= 11 is 0. The fourth-order valence-electron chi connectivity index (χ4n) is 1.19. The minimum absolute atomic E-state index is 0.253. The van der Waals surface area contributed by atoms with E-state index in [4.69, 9.17) is 0 Å². The van der Waals surface area contributed by atoms with E-state index in [-0.39, 0.29) is 5.82 Å². The van der Waals surface area contributed by atoms with Gasteiger partial charge in [0.1, 0.15) is 12.0 Å². The molecule has 0 bridgehead atoms. The topological polar surface area (TPSA) is 16.2 Å². The van der Waals surface area contributed by atoms with Crippen LogP contribution >= 0.6 is 0 Å². The van der Waals surface area contributed by atoms with Crippen LogP contribution in [0.3, 0.4) is 0 Å². The van der Waals surface area contributed by atoms with Crippen LogP contribution in [-0.4, -0.2) is 6.21 Å². The Hall–Kier alpha value is -2.03. The Morgan fingerprint density at radius 1 is 1.07 bits per heavy atom. The highest BCUT2D eigenvalue weighted by Gasteiger charge is 1.94. The van der Waals surface area contributed by atoms with Crippen LogP contribution in [0.25, 0.3) is 0 Å². The lowest BCUT2D eigenvalue weighted by atomic mass is 10.2. The molecular formula is C12H10FN2+. The van der Waals surface area contributed by atoms with Crippen molar-refractivity contribution in [1.29, 1.82) is 0 Å². The Kier molecular flexibility index (Phi) is 2.83. The van der Waals surface area contributed by atoms with Crippen molar-refractivity contribution in [2.75, 3.05) is 0 Å². The first kappa shape index (κ1) is 9.52. The van der Waals surface area contributed by atoms with Crippen molar-refractivity contribution in [3.63, 3.8) is 0 Å². The van der Waals surface area contributed by atoms with E-state index in [1.54, 1.807) is 23.0 Å². The zero-order chi connectivity index (χ0) is 10.5. The van der Waals surface area contributed by atoms with Crippen LogP contribution in [0.15, 0.2) is 60.0 Å². The lowest BCUT2D eigenvalue weighted by molar-refractivity contribution is -0.678. The van der Waals surface area contributed by atoms with Crippen molar-refractivity contribution in [2.45, 2.75) is 0 Å². The quantitative estimate of drug-likeness (QED) is 0.522. The summed E-state index contributed by atoms with van der Waals surface area (Å²) in [4.78, 5) is 0. The average Bonchev–Trinajstić information content (AvgIpc) is 2.28. The number of hydrogen-bond acceptors (Lipinski definition) is 1. The second-order valence-corrected chi connectivity index (χ2v) is 3.06. The lowest BCUT2D eigenvalue weighted by Gasteiger charge is -1.90. The van der Waals surface area contributed by atoms with Gasteiger partial charge in [-0.1, -0.05) is 22.9 Å². The van der Waals surface area contributed by atoms with Crippen LogP contribution < -0.4 is 4.68 Å². The number of halogens is 1. The van der Waals surface area contributed by atoms with Crippen molar-refractivity contribution in [2.24, 2.45) is 5.10 Å². The molecule has 0 saturated heterocycles. The molecule has 0 radical (unpaired) electrons. The van der Waals surface area contributed by atoms with Gasteiger partial charge in [-0.3, -0.25) is 0 Å². The Balaban J connectivity index is 2.19. The molecule has 1 aromatic carbocycles. The third-order valence-electron chi connectivity index (χ3n) is 1.89. The number of pyridine rings is 1. The van der Waals surface area contributed by atoms with Crippen LogP contribution in [0.2, 0.25) is 0 Å². The minimum Gasteiger partial charge on any atom is -0.207 e. The molecule has 0 fully saturated rings. The van der Waals surface area contributed by atoms with Gasteiger partial charge in [-0.25, -0.2) is 4.39 Å². The number of aromatic nitrogens is 1. The zero-order valence-electron chi connectivity index (χ0n) is 8.05. The summed E-state index contributed by atoms with van der Waals surface area (Å²) in [5.41, 5.74) is 0.742. The fraction of sp³-hybridized carbons (Fsp3) is 0. The van der Waals surface area contributed by atoms with Crippen LogP contribution in [0.5, 0.6) is 0 Å². The van der Waals surface area contributed by atoms with Crippen LogP contribution in [-0.2, 0) is 0 Å². The summed E-state index contributed by atoms with van der Waals surface area (Å²) in [6, 6.07) is 12.0. The van der Waals surface area contributed by atoms with Gasteiger partial charge < -0.3 is 0 Å². The summed E-state index contributed by atoms with van der Waals surface area (Å²) in [7, 11) is 0. The smallest absolute Gasteiger partial charge is 0.202 e. The minimum atomic E-state index is -0.253. The molecule has 0 atom stereocenters. The van der Waals surface area contributed by atoms with E-state index in [2.05, 4.69) is 5.10 Å². The van der Waals surface area contributed by atoms with E-state index in [0.29, 0.717) is 0 Å². The molecule has 3 heteroatoms. The van der Waals surface area contributed by atoms with Gasteiger partial charge >= 0.3 is 0 Å². The average molecular weight is 201 g/mol. The molecular weight excluding hydrogens is 191 g/mol. The molecule has 0 unspecified atom stereocenters. The summed E-state index contributed by atoms with van der Waals surface area (Å²) in [6.45, 7) is 0. The molecule has 0 spiro atoms. The second-order valence-electron chi connectivity index (χ2n) is 3.06. The fourth-order valence-corrected chi connectivity index (χ4v) is 1.19. The third-order valence-corrected chi connectivity index (χ3v) is 1.89. The Morgan fingerprint density at radius 3 is 2.60 bits per heavy atom. The molecule has 0 saturated carbocycles. The van der Waals surface area contributed by atoms with Crippen molar-refractivity contribution in [1.82, 2.24) is 0 Å². The van der Waals surface area contributed by atoms with Gasteiger partial charge in [0.15, 0.2) is 0 Å². The third kappa shape index (κ3) is 2.71. The zero-order valence-corrected chi connectivity index (χ0v) is 8.05. The van der Waals surface area contributed by atoms with E-state index < -0.39 is 0 Å². The van der Waals surface area contributed by atoms with Gasteiger partial charge in [0.25, 0.3) is 0 Å². The van der Waals surface area contributed by atoms with Crippen molar-refractivity contribution in [3.05, 3.63) is 66.2 Å². The highest BCUT2D eigenvalue weighted by molar-refractivity contribution is 5.78. The summed E-state index contributed by atoms with van der Waals surface area (Å²) < 4.78 is 14.5. The van der Waals surface area contributed by atoms with Gasteiger partial charge in [0.05, 0.1) is 0 Å². The number of hydrogen-bond donors (Lipinski definition) is 0. The molecule has 74 valence electrons. The molecule has 2 nitrogen and oxygen atoms in total. The molecule has 0 aliphatic carbocycles. The second kappa shape index (κ2) is 4.46. The van der Waals surface area contributed by atoms with E-state index in [9.17, 15) is 4.39 Å². The molecule has 2 rings (SSSR count). The van der Waals surface area contributed by atoms with E-state index in [1.165, 1.54) is 12.1 Å². The van der Waals surface area contributed by atoms with E-state index >= 15 is 0 Å². The predicted octanol–water partition coefficient (Wildman–Crippen LogP) is 2.00. The summed E-state index contributed by atoms with van der Waals surface area (Å²) in [6.07, 6.45) is 5.24. The first-order chi connectivity index (χ1) is 7.34. The number of rotatable bonds is 2. The monoisotopic (exact) mass is 201 g/mol. The molecule has 15 heavy (non-hydrogen) atoms. The highest BCUT2D eigenvalue weighted by Crippen LogP contribution is 1.99. The molecule has 1 aromatic heterocycles. The predicted molar refractivity (Wildman–Crippen MR) is 56.0 cm³/mol. The van der Waals surface area contributed by atoms with Crippen molar-refractivity contribution in [3.8, 4) is 0 Å². The van der Waals surface area contributed by atoms with E-state index in [0.717, 1.165) is 5.56 Å². The van der Waals surface area contributed by atoms with Crippen LogP contribution in [0.1, 0.15) is 5.56 Å². The van der Waals surface area contributed by atoms with Crippen molar-refractivity contribution >= 4 is 6.21 Å². The lowest BCUT2D eigenvalue weighted by Crippen LogP contribution is -2.25. The Labute approximate surface area is 87.3 Å². The largest absolute Gasteiger partial charge is 0.207 e. The molecule has 1 heterocycles. The first-order valence-corrected chi connectivity index (χ1v) is 4.61. The highest BCUT2D eigenvalue weighted by atomic mass is 19.1. The van der Waals surface area contributed by atoms with E-state index in [1.807, 2.05) is 30.6 Å². The normalized spacial score (nSPS) is 10.7. The Morgan fingerprint density at radius 2 is 1.87 bits per heavy atom. The number of nitrogens with zero attached hydrogens (tertiary/aromatic N) is 2. The van der Waals surface area contributed by atoms with Crippen molar-refractivity contribution < 1.29 is 9.07 Å². The van der Waals surface area contributed by atoms with Gasteiger partial charge in [0.2, 0.25) is 12.4 Å². The molecule has 0 aliphatic heterocycles. The van der Waals surface area contributed by atoms with Gasteiger partial charge in [-0.15, -0.1) is 0 Å². The first-order valence-electron chi connectivity index (χ1n) is 4.61. The standard InChI is InChI=1S/C12H10FN2/c13-12-6-4-5-11(9-12)10-14-15-7-2-1-3-8-15/h1-10H/q+1/b14-10+. The maximum atomic E-state index is 12.8. The Bertz CT molecular complexity index is 466. The number of benzene rings is 1. The van der Waals surface area contributed by atoms with Gasteiger partial charge in [-0.05, 0) is 17.2 Å². The van der Waals surface area contributed by atoms with Gasteiger partial charge in [-0.2, -0.15) is 0 Å². The maximum Gasteiger partial charge on any atom is 0.202 e. The van der Waals surface area contributed by atoms with Gasteiger partial charge in [0, 0.05) is 17.7 Å². The summed E-state index contributed by atoms with van der Waals surface area (Å²) in [5, 5.41) is 4.14. The molecule has 2 aromatic rings. The van der Waals surface area contributed by atoms with Crippen LogP contribution in [0.4, 0.5) is 4.39 Å². The molecule has 0 aliphatic rings. The molecule has 0 amide bonds. The SMILES string of the molecule is Fc1cccc(/C=N/[n+]2ccccc2)c1. The van der Waals surface area contributed by atoms with Crippen LogP contribution in [0, 0.1) is 5.82 Å². The maximum absolute atomic E-state index is 12.8. The molecule has 0 N–H and O–H groups in total.